The molecule has 4 heteroatoms. The number of anilines is 1. The topological polar surface area (TPSA) is 63.8 Å². The fourth-order valence-electron chi connectivity index (χ4n) is 2.48. The summed E-state index contributed by atoms with van der Waals surface area (Å²) in [5, 5.41) is 3.49. The van der Waals surface area contributed by atoms with Gasteiger partial charge in [-0.1, -0.05) is 41.5 Å². The summed E-state index contributed by atoms with van der Waals surface area (Å²) in [6.45, 7) is 14.7. The van der Waals surface area contributed by atoms with E-state index in [9.17, 15) is 0 Å². The lowest BCUT2D eigenvalue weighted by molar-refractivity contribution is 0.304. The Kier molecular flexibility index (Phi) is 6.40. The van der Waals surface area contributed by atoms with Gasteiger partial charge < -0.3 is 11.1 Å². The molecular weight excluding hydrogens is 248 g/mol. The van der Waals surface area contributed by atoms with E-state index in [0.717, 1.165) is 23.8 Å². The van der Waals surface area contributed by atoms with E-state index in [-0.39, 0.29) is 0 Å². The SMILES string of the molecule is CC(C)c1ncc(NCC(C(C)C)C(C)C)c(CN)n1. The van der Waals surface area contributed by atoms with Crippen molar-refractivity contribution in [2.45, 2.75) is 54.0 Å². The smallest absolute Gasteiger partial charge is 0.131 e. The van der Waals surface area contributed by atoms with Crippen LogP contribution >= 0.6 is 0 Å². The fourth-order valence-corrected chi connectivity index (χ4v) is 2.48. The maximum Gasteiger partial charge on any atom is 0.131 e. The van der Waals surface area contributed by atoms with Crippen LogP contribution in [0.5, 0.6) is 0 Å². The summed E-state index contributed by atoms with van der Waals surface area (Å²) in [6.07, 6.45) is 1.88. The van der Waals surface area contributed by atoms with Crippen molar-refractivity contribution < 1.29 is 0 Å². The van der Waals surface area contributed by atoms with Gasteiger partial charge in [0.05, 0.1) is 17.6 Å². The van der Waals surface area contributed by atoms with Gasteiger partial charge in [0.1, 0.15) is 5.82 Å². The molecule has 20 heavy (non-hydrogen) atoms. The van der Waals surface area contributed by atoms with Crippen LogP contribution in [0.4, 0.5) is 5.69 Å². The van der Waals surface area contributed by atoms with Crippen LogP contribution in [0.1, 0.15) is 59.0 Å². The Balaban J connectivity index is 2.82. The van der Waals surface area contributed by atoms with Gasteiger partial charge in [-0.3, -0.25) is 0 Å². The molecule has 4 nitrogen and oxygen atoms in total. The third-order valence-corrected chi connectivity index (χ3v) is 3.84. The molecule has 0 atom stereocenters. The van der Waals surface area contributed by atoms with E-state index >= 15 is 0 Å². The number of hydrogen-bond donors (Lipinski definition) is 2. The first-order valence-electron chi connectivity index (χ1n) is 7.66. The normalized spacial score (nSPS) is 11.9. The van der Waals surface area contributed by atoms with Crippen molar-refractivity contribution in [1.82, 2.24) is 9.97 Å². The van der Waals surface area contributed by atoms with Crippen LogP contribution in [0, 0.1) is 17.8 Å². The maximum absolute atomic E-state index is 5.82. The molecule has 1 rings (SSSR count). The molecule has 0 aliphatic carbocycles. The van der Waals surface area contributed by atoms with Crippen LogP contribution in [0.15, 0.2) is 6.20 Å². The molecule has 0 amide bonds. The van der Waals surface area contributed by atoms with Crippen LogP contribution in [-0.2, 0) is 6.54 Å². The van der Waals surface area contributed by atoms with Crippen LogP contribution in [0.3, 0.4) is 0 Å². The Labute approximate surface area is 123 Å². The van der Waals surface area contributed by atoms with Gasteiger partial charge in [-0.25, -0.2) is 9.97 Å². The van der Waals surface area contributed by atoms with E-state index in [4.69, 9.17) is 5.73 Å². The van der Waals surface area contributed by atoms with Gasteiger partial charge in [0, 0.05) is 19.0 Å². The first-order valence-corrected chi connectivity index (χ1v) is 7.66. The minimum Gasteiger partial charge on any atom is -0.382 e. The third-order valence-electron chi connectivity index (χ3n) is 3.84. The minimum absolute atomic E-state index is 0.327. The number of aromatic nitrogens is 2. The molecule has 1 heterocycles. The highest BCUT2D eigenvalue weighted by Gasteiger charge is 2.18. The van der Waals surface area contributed by atoms with Crippen molar-refractivity contribution in [3.8, 4) is 0 Å². The molecule has 0 radical (unpaired) electrons. The lowest BCUT2D eigenvalue weighted by Gasteiger charge is -2.26. The molecule has 0 saturated carbocycles. The zero-order valence-corrected chi connectivity index (χ0v) is 13.8. The first-order chi connectivity index (χ1) is 9.36. The molecule has 114 valence electrons. The van der Waals surface area contributed by atoms with E-state index in [1.807, 2.05) is 6.20 Å². The van der Waals surface area contributed by atoms with E-state index in [1.165, 1.54) is 0 Å². The summed E-state index contributed by atoms with van der Waals surface area (Å²) in [7, 11) is 0. The maximum atomic E-state index is 5.82. The molecule has 1 aromatic heterocycles. The van der Waals surface area contributed by atoms with Gasteiger partial charge >= 0.3 is 0 Å². The van der Waals surface area contributed by atoms with Gasteiger partial charge in [0.2, 0.25) is 0 Å². The fraction of sp³-hybridized carbons (Fsp3) is 0.750. The van der Waals surface area contributed by atoms with Crippen molar-refractivity contribution in [2.75, 3.05) is 11.9 Å². The predicted molar refractivity (Wildman–Crippen MR) is 85.7 cm³/mol. The summed E-state index contributed by atoms with van der Waals surface area (Å²) in [4.78, 5) is 8.99. The highest BCUT2D eigenvalue weighted by Crippen LogP contribution is 2.22. The average molecular weight is 278 g/mol. The van der Waals surface area contributed by atoms with Crippen molar-refractivity contribution in [3.05, 3.63) is 17.7 Å². The number of nitrogens with one attached hydrogen (secondary N) is 1. The van der Waals surface area contributed by atoms with E-state index in [1.54, 1.807) is 0 Å². The molecule has 1 aromatic rings. The second kappa shape index (κ2) is 7.58. The number of nitrogens with zero attached hydrogens (tertiary/aromatic N) is 2. The third kappa shape index (κ3) is 4.44. The molecular formula is C16H30N4. The van der Waals surface area contributed by atoms with Gasteiger partial charge in [0.15, 0.2) is 0 Å². The first kappa shape index (κ1) is 16.9. The Bertz CT molecular complexity index is 405. The van der Waals surface area contributed by atoms with E-state index < -0.39 is 0 Å². The number of hydrogen-bond acceptors (Lipinski definition) is 4. The zero-order valence-electron chi connectivity index (χ0n) is 13.8. The monoisotopic (exact) mass is 278 g/mol. The van der Waals surface area contributed by atoms with Crippen LogP contribution < -0.4 is 11.1 Å². The highest BCUT2D eigenvalue weighted by atomic mass is 15.0. The molecule has 0 spiro atoms. The molecule has 0 fully saturated rings. The largest absolute Gasteiger partial charge is 0.382 e. The van der Waals surface area contributed by atoms with Crippen LogP contribution in [-0.4, -0.2) is 16.5 Å². The Hall–Kier alpha value is -1.16. The quantitative estimate of drug-likeness (QED) is 0.802. The van der Waals surface area contributed by atoms with Gasteiger partial charge in [-0.2, -0.15) is 0 Å². The lowest BCUT2D eigenvalue weighted by atomic mass is 9.85. The van der Waals surface area contributed by atoms with Crippen molar-refractivity contribution >= 4 is 5.69 Å². The summed E-state index contributed by atoms with van der Waals surface area (Å²) >= 11 is 0. The van der Waals surface area contributed by atoms with Gasteiger partial charge in [-0.05, 0) is 17.8 Å². The lowest BCUT2D eigenvalue weighted by Crippen LogP contribution is -2.25. The second-order valence-electron chi connectivity index (χ2n) is 6.48. The van der Waals surface area contributed by atoms with Gasteiger partial charge in [-0.15, -0.1) is 0 Å². The Morgan fingerprint density at radius 1 is 1.10 bits per heavy atom. The second-order valence-corrected chi connectivity index (χ2v) is 6.48. The minimum atomic E-state index is 0.327. The highest BCUT2D eigenvalue weighted by molar-refractivity contribution is 5.46. The Morgan fingerprint density at radius 3 is 2.15 bits per heavy atom. The molecule has 0 unspecified atom stereocenters. The number of rotatable bonds is 7. The van der Waals surface area contributed by atoms with Crippen LogP contribution in [0.2, 0.25) is 0 Å². The van der Waals surface area contributed by atoms with Gasteiger partial charge in [0.25, 0.3) is 0 Å². The summed E-state index contributed by atoms with van der Waals surface area (Å²) in [6, 6.07) is 0. The van der Waals surface area contributed by atoms with Crippen molar-refractivity contribution in [2.24, 2.45) is 23.5 Å². The zero-order chi connectivity index (χ0) is 15.3. The molecule has 0 bridgehead atoms. The molecule has 0 saturated heterocycles. The standard InChI is InChI=1S/C16H30N4/c1-10(2)13(11(3)4)8-18-15-9-19-16(12(5)6)20-14(15)7-17/h9-13,18H,7-8,17H2,1-6H3. The average Bonchev–Trinajstić information content (AvgIpc) is 2.37. The molecule has 0 aromatic carbocycles. The molecule has 0 aliphatic heterocycles. The predicted octanol–water partition coefficient (Wildman–Crippen LogP) is 3.40. The molecule has 0 aliphatic rings. The molecule has 3 N–H and O–H groups in total. The number of nitrogens with two attached hydrogens (primary N) is 1. The summed E-state index contributed by atoms with van der Waals surface area (Å²) < 4.78 is 0. The van der Waals surface area contributed by atoms with Crippen LogP contribution in [0.25, 0.3) is 0 Å². The van der Waals surface area contributed by atoms with Crippen molar-refractivity contribution in [3.63, 3.8) is 0 Å². The summed E-state index contributed by atoms with van der Waals surface area (Å²) in [5.41, 5.74) is 7.70. The van der Waals surface area contributed by atoms with Crippen molar-refractivity contribution in [1.29, 1.82) is 0 Å². The Morgan fingerprint density at radius 2 is 1.70 bits per heavy atom. The summed E-state index contributed by atoms with van der Waals surface area (Å²) in [5.74, 6) is 3.12. The van der Waals surface area contributed by atoms with E-state index in [2.05, 4.69) is 56.8 Å². The van der Waals surface area contributed by atoms with E-state index in [0.29, 0.717) is 30.2 Å².